The molecule has 0 aliphatic carbocycles. The van der Waals surface area contributed by atoms with E-state index in [9.17, 15) is 0 Å². The van der Waals surface area contributed by atoms with Crippen molar-refractivity contribution in [2.24, 2.45) is 0 Å². The number of likely N-dealkylation sites (tertiary alicyclic amines) is 1. The van der Waals surface area contributed by atoms with Crippen LogP contribution in [0.15, 0.2) is 24.5 Å². The Kier molecular flexibility index (Phi) is 2.71. The second-order valence-corrected chi connectivity index (χ2v) is 7.14. The molecular weight excluding hydrogens is 310 g/mol. The Morgan fingerprint density at radius 3 is 3.04 bits per heavy atom. The summed E-state index contributed by atoms with van der Waals surface area (Å²) < 4.78 is 2.19. The molecule has 5 nitrogen and oxygen atoms in total. The third-order valence-corrected chi connectivity index (χ3v) is 5.71. The third-order valence-electron chi connectivity index (χ3n) is 5.40. The maximum absolute atomic E-state index is 6.21. The average Bonchev–Trinajstić information content (AvgIpc) is 3.19. The number of aromatic nitrogens is 4. The lowest BCUT2D eigenvalue weighted by Crippen LogP contribution is -2.57. The Bertz CT molecular complexity index is 903. The summed E-state index contributed by atoms with van der Waals surface area (Å²) in [4.78, 5) is 10.0. The number of rotatable bonds is 2. The molecular formula is C17H18ClN5. The Hall–Kier alpha value is -1.85. The standard InChI is InChI=1S/C17H18ClN5/c1-2-22-9-17(10-22)3-4-23-15(17)6-14(21-23)11-5-12-13(18)8-20-16(12)19-7-11/h5-8H,2-4,9-10H2,1H3,(H,19,20). The number of likely N-dealkylation sites (N-methyl/N-ethyl adjacent to an activating group) is 1. The fourth-order valence-corrected chi connectivity index (χ4v) is 4.27. The van der Waals surface area contributed by atoms with Gasteiger partial charge in [0, 0.05) is 54.1 Å². The van der Waals surface area contributed by atoms with Crippen LogP contribution in [-0.2, 0) is 12.0 Å². The Labute approximate surface area is 139 Å². The van der Waals surface area contributed by atoms with Crippen molar-refractivity contribution in [3.05, 3.63) is 35.2 Å². The van der Waals surface area contributed by atoms with E-state index in [-0.39, 0.29) is 0 Å². The molecule has 0 radical (unpaired) electrons. The van der Waals surface area contributed by atoms with E-state index < -0.39 is 0 Å². The number of hydrogen-bond donors (Lipinski definition) is 1. The predicted molar refractivity (Wildman–Crippen MR) is 90.7 cm³/mol. The first kappa shape index (κ1) is 13.6. The van der Waals surface area contributed by atoms with Gasteiger partial charge < -0.3 is 9.88 Å². The summed E-state index contributed by atoms with van der Waals surface area (Å²) in [6.45, 7) is 6.71. The summed E-state index contributed by atoms with van der Waals surface area (Å²) in [5, 5.41) is 6.47. The molecule has 0 amide bonds. The first-order valence-electron chi connectivity index (χ1n) is 8.12. The number of pyridine rings is 1. The van der Waals surface area contributed by atoms with Crippen LogP contribution in [0.4, 0.5) is 0 Å². The van der Waals surface area contributed by atoms with Crippen molar-refractivity contribution in [2.45, 2.75) is 25.3 Å². The summed E-state index contributed by atoms with van der Waals surface area (Å²) in [5.41, 5.74) is 4.56. The highest BCUT2D eigenvalue weighted by Crippen LogP contribution is 2.43. The molecule has 6 heteroatoms. The zero-order valence-corrected chi connectivity index (χ0v) is 13.8. The SMILES string of the molecule is CCN1CC2(CCn3nc(-c4cnc5[nH]cc(Cl)c5c4)cc32)C1. The molecule has 5 heterocycles. The lowest BCUT2D eigenvalue weighted by molar-refractivity contribution is 0.0716. The normalized spacial score (nSPS) is 19.4. The average molecular weight is 328 g/mol. The van der Waals surface area contributed by atoms with Crippen LogP contribution in [-0.4, -0.2) is 44.3 Å². The summed E-state index contributed by atoms with van der Waals surface area (Å²) in [6.07, 6.45) is 4.87. The topological polar surface area (TPSA) is 49.7 Å². The molecule has 1 N–H and O–H groups in total. The summed E-state index contributed by atoms with van der Waals surface area (Å²) in [6, 6.07) is 4.33. The number of aryl methyl sites for hydroxylation is 1. The highest BCUT2D eigenvalue weighted by atomic mass is 35.5. The largest absolute Gasteiger partial charge is 0.345 e. The molecule has 2 aliphatic rings. The van der Waals surface area contributed by atoms with E-state index in [4.69, 9.17) is 16.7 Å². The van der Waals surface area contributed by atoms with Crippen LogP contribution in [0.3, 0.4) is 0 Å². The number of hydrogen-bond acceptors (Lipinski definition) is 3. The van der Waals surface area contributed by atoms with Gasteiger partial charge in [-0.1, -0.05) is 18.5 Å². The van der Waals surface area contributed by atoms with Crippen molar-refractivity contribution in [2.75, 3.05) is 19.6 Å². The maximum atomic E-state index is 6.21. The van der Waals surface area contributed by atoms with E-state index in [0.29, 0.717) is 10.4 Å². The van der Waals surface area contributed by atoms with Crippen molar-refractivity contribution in [1.82, 2.24) is 24.6 Å². The van der Waals surface area contributed by atoms with E-state index in [2.05, 4.69) is 38.6 Å². The third kappa shape index (κ3) is 1.83. The van der Waals surface area contributed by atoms with Gasteiger partial charge in [0.1, 0.15) is 5.65 Å². The monoisotopic (exact) mass is 327 g/mol. The minimum Gasteiger partial charge on any atom is -0.345 e. The van der Waals surface area contributed by atoms with E-state index in [1.54, 1.807) is 6.20 Å². The molecule has 5 rings (SSSR count). The van der Waals surface area contributed by atoms with E-state index in [0.717, 1.165) is 48.5 Å². The molecule has 0 unspecified atom stereocenters. The lowest BCUT2D eigenvalue weighted by atomic mass is 9.76. The van der Waals surface area contributed by atoms with Crippen LogP contribution in [0.5, 0.6) is 0 Å². The second-order valence-electron chi connectivity index (χ2n) is 6.73. The highest BCUT2D eigenvalue weighted by molar-refractivity contribution is 6.35. The molecule has 0 saturated carbocycles. The number of nitrogens with zero attached hydrogens (tertiary/aromatic N) is 4. The predicted octanol–water partition coefficient (Wildman–Crippen LogP) is 3.06. The Morgan fingerprint density at radius 2 is 2.22 bits per heavy atom. The van der Waals surface area contributed by atoms with E-state index >= 15 is 0 Å². The van der Waals surface area contributed by atoms with Crippen molar-refractivity contribution < 1.29 is 0 Å². The molecule has 1 saturated heterocycles. The molecule has 3 aromatic heterocycles. The Balaban J connectivity index is 1.55. The van der Waals surface area contributed by atoms with Gasteiger partial charge in [-0.15, -0.1) is 0 Å². The summed E-state index contributed by atoms with van der Waals surface area (Å²) in [7, 11) is 0. The highest BCUT2D eigenvalue weighted by Gasteiger charge is 2.49. The first-order valence-corrected chi connectivity index (χ1v) is 8.50. The molecule has 1 fully saturated rings. The van der Waals surface area contributed by atoms with Gasteiger partial charge in [-0.05, 0) is 25.1 Å². The van der Waals surface area contributed by atoms with Crippen LogP contribution in [0.25, 0.3) is 22.3 Å². The van der Waals surface area contributed by atoms with Crippen molar-refractivity contribution in [3.8, 4) is 11.3 Å². The lowest BCUT2D eigenvalue weighted by Gasteiger charge is -2.47. The first-order chi connectivity index (χ1) is 11.2. The molecule has 0 aromatic carbocycles. The van der Waals surface area contributed by atoms with E-state index in [1.807, 2.05) is 6.20 Å². The molecule has 23 heavy (non-hydrogen) atoms. The van der Waals surface area contributed by atoms with Gasteiger partial charge in [0.15, 0.2) is 0 Å². The molecule has 0 atom stereocenters. The van der Waals surface area contributed by atoms with Crippen LogP contribution < -0.4 is 0 Å². The van der Waals surface area contributed by atoms with Gasteiger partial charge >= 0.3 is 0 Å². The molecule has 1 spiro atoms. The summed E-state index contributed by atoms with van der Waals surface area (Å²) in [5.74, 6) is 0. The number of halogens is 1. The van der Waals surface area contributed by atoms with Gasteiger partial charge in [0.2, 0.25) is 0 Å². The van der Waals surface area contributed by atoms with Gasteiger partial charge in [-0.25, -0.2) is 4.98 Å². The van der Waals surface area contributed by atoms with Gasteiger partial charge in [-0.3, -0.25) is 4.68 Å². The van der Waals surface area contributed by atoms with Gasteiger partial charge in [0.25, 0.3) is 0 Å². The van der Waals surface area contributed by atoms with Crippen LogP contribution in [0.2, 0.25) is 5.02 Å². The molecule has 3 aromatic rings. The van der Waals surface area contributed by atoms with Gasteiger partial charge in [0.05, 0.1) is 10.7 Å². The molecule has 118 valence electrons. The minimum absolute atomic E-state index is 0.324. The van der Waals surface area contributed by atoms with Crippen molar-refractivity contribution in [3.63, 3.8) is 0 Å². The molecule has 0 bridgehead atoms. The Morgan fingerprint density at radius 1 is 1.35 bits per heavy atom. The fraction of sp³-hybridized carbons (Fsp3) is 0.412. The van der Waals surface area contributed by atoms with Crippen LogP contribution in [0, 0.1) is 0 Å². The minimum atomic E-state index is 0.324. The van der Waals surface area contributed by atoms with Gasteiger partial charge in [-0.2, -0.15) is 5.10 Å². The number of fused-ring (bicyclic) bond motifs is 3. The number of H-pyrrole nitrogens is 1. The van der Waals surface area contributed by atoms with Crippen LogP contribution >= 0.6 is 11.6 Å². The smallest absolute Gasteiger partial charge is 0.138 e. The maximum Gasteiger partial charge on any atom is 0.138 e. The van der Waals surface area contributed by atoms with Crippen LogP contribution in [0.1, 0.15) is 19.0 Å². The number of aromatic amines is 1. The molecule has 2 aliphatic heterocycles. The zero-order valence-electron chi connectivity index (χ0n) is 13.0. The quantitative estimate of drug-likeness (QED) is 0.787. The van der Waals surface area contributed by atoms with Crippen molar-refractivity contribution in [1.29, 1.82) is 0 Å². The fourth-order valence-electron chi connectivity index (χ4n) is 4.07. The second kappa shape index (κ2) is 4.58. The van der Waals surface area contributed by atoms with Crippen molar-refractivity contribution >= 4 is 22.6 Å². The van der Waals surface area contributed by atoms with E-state index in [1.165, 1.54) is 12.1 Å². The summed E-state index contributed by atoms with van der Waals surface area (Å²) >= 11 is 6.21. The zero-order chi connectivity index (χ0) is 15.6. The number of nitrogens with one attached hydrogen (secondary N) is 1.